The molecule has 5 nitrogen and oxygen atoms in total. The average Bonchev–Trinajstić information content (AvgIpc) is 2.58. The number of nitrogen functional groups attached to an aromatic ring is 1. The van der Waals surface area contributed by atoms with Crippen molar-refractivity contribution >= 4 is 23.2 Å². The monoisotopic (exact) mass is 281 g/mol. The Morgan fingerprint density at radius 3 is 2.52 bits per heavy atom. The van der Waals surface area contributed by atoms with E-state index in [1.807, 2.05) is 30.3 Å². The maximum Gasteiger partial charge on any atom is 0.256 e. The van der Waals surface area contributed by atoms with Gasteiger partial charge < -0.3 is 16.4 Å². The first-order valence-electron chi connectivity index (χ1n) is 6.69. The zero-order chi connectivity index (χ0) is 14.8. The van der Waals surface area contributed by atoms with Crippen molar-refractivity contribution in [2.24, 2.45) is 0 Å². The Bertz CT molecular complexity index is 698. The molecule has 4 N–H and O–H groups in total. The number of nitrogens with two attached hydrogens (primary N) is 1. The van der Waals surface area contributed by atoms with Gasteiger partial charge in [-0.1, -0.05) is 36.4 Å². The number of anilines is 2. The fourth-order valence-corrected chi connectivity index (χ4v) is 2.44. The number of rotatable bonds is 2. The number of carbonyl (C=O) groups excluding carboxylic acids is 2. The number of hydrogen-bond acceptors (Lipinski definition) is 3. The first-order valence-corrected chi connectivity index (χ1v) is 6.69. The number of amides is 2. The minimum absolute atomic E-state index is 0.239. The number of fused-ring (bicyclic) bond motifs is 1. The third kappa shape index (κ3) is 2.58. The number of benzene rings is 2. The lowest BCUT2D eigenvalue weighted by molar-refractivity contribution is -0.117. The summed E-state index contributed by atoms with van der Waals surface area (Å²) in [7, 11) is 0. The quantitative estimate of drug-likeness (QED) is 0.730. The molecule has 5 heteroatoms. The predicted octanol–water partition coefficient (Wildman–Crippen LogP) is 1.56. The molecule has 0 aliphatic carbocycles. The number of hydrogen-bond donors (Lipinski definition) is 3. The zero-order valence-electron chi connectivity index (χ0n) is 11.3. The van der Waals surface area contributed by atoms with Crippen molar-refractivity contribution in [1.29, 1.82) is 0 Å². The van der Waals surface area contributed by atoms with Gasteiger partial charge in [-0.15, -0.1) is 0 Å². The molecule has 0 radical (unpaired) electrons. The second-order valence-electron chi connectivity index (χ2n) is 4.97. The molecular formula is C16H15N3O2. The molecule has 1 atom stereocenters. The van der Waals surface area contributed by atoms with Gasteiger partial charge >= 0.3 is 0 Å². The fourth-order valence-electron chi connectivity index (χ4n) is 2.44. The van der Waals surface area contributed by atoms with Crippen LogP contribution in [-0.4, -0.2) is 17.9 Å². The average molecular weight is 281 g/mol. The predicted molar refractivity (Wildman–Crippen MR) is 80.9 cm³/mol. The molecule has 0 saturated carbocycles. The van der Waals surface area contributed by atoms with Gasteiger partial charge in [-0.3, -0.25) is 9.59 Å². The van der Waals surface area contributed by atoms with E-state index < -0.39 is 6.04 Å². The lowest BCUT2D eigenvalue weighted by atomic mass is 10.1. The maximum absolute atomic E-state index is 12.3. The normalized spacial score (nSPS) is 17.4. The van der Waals surface area contributed by atoms with Crippen LogP contribution in [0.15, 0.2) is 48.5 Å². The maximum atomic E-state index is 12.3. The van der Waals surface area contributed by atoms with E-state index in [9.17, 15) is 9.59 Å². The summed E-state index contributed by atoms with van der Waals surface area (Å²) < 4.78 is 0. The minimum atomic E-state index is -0.619. The third-order valence-electron chi connectivity index (χ3n) is 3.49. The second-order valence-corrected chi connectivity index (χ2v) is 4.97. The Hall–Kier alpha value is -2.82. The van der Waals surface area contributed by atoms with Crippen molar-refractivity contribution in [3.63, 3.8) is 0 Å². The number of nitrogens with one attached hydrogen (secondary N) is 2. The molecule has 21 heavy (non-hydrogen) atoms. The summed E-state index contributed by atoms with van der Waals surface area (Å²) in [5, 5.41) is 5.50. The molecule has 1 heterocycles. The van der Waals surface area contributed by atoms with E-state index in [0.717, 1.165) is 5.56 Å². The Labute approximate surface area is 122 Å². The van der Waals surface area contributed by atoms with Gasteiger partial charge in [0.15, 0.2) is 0 Å². The van der Waals surface area contributed by atoms with Gasteiger partial charge in [0, 0.05) is 12.1 Å². The highest BCUT2D eigenvalue weighted by Crippen LogP contribution is 2.24. The van der Waals surface area contributed by atoms with Crippen LogP contribution in [0.25, 0.3) is 0 Å². The van der Waals surface area contributed by atoms with Crippen molar-refractivity contribution in [3.05, 3.63) is 59.7 Å². The van der Waals surface area contributed by atoms with Gasteiger partial charge in [-0.25, -0.2) is 0 Å². The highest BCUT2D eigenvalue weighted by Gasteiger charge is 2.28. The lowest BCUT2D eigenvalue weighted by Gasteiger charge is -2.14. The van der Waals surface area contributed by atoms with Gasteiger partial charge in [0.05, 0.1) is 11.3 Å². The van der Waals surface area contributed by atoms with Crippen molar-refractivity contribution < 1.29 is 9.59 Å². The molecule has 2 amide bonds. The molecule has 0 saturated heterocycles. The lowest BCUT2D eigenvalue weighted by Crippen LogP contribution is -2.42. The second kappa shape index (κ2) is 5.28. The zero-order valence-corrected chi connectivity index (χ0v) is 11.3. The van der Waals surface area contributed by atoms with Crippen molar-refractivity contribution in [2.75, 3.05) is 11.1 Å². The fraction of sp³-hybridized carbons (Fsp3) is 0.125. The summed E-state index contributed by atoms with van der Waals surface area (Å²) >= 11 is 0. The van der Waals surface area contributed by atoms with Gasteiger partial charge in [-0.05, 0) is 17.7 Å². The molecule has 0 unspecified atom stereocenters. The van der Waals surface area contributed by atoms with Crippen LogP contribution in [0.4, 0.5) is 11.4 Å². The van der Waals surface area contributed by atoms with Crippen molar-refractivity contribution in [3.8, 4) is 0 Å². The Morgan fingerprint density at radius 2 is 1.76 bits per heavy atom. The van der Waals surface area contributed by atoms with Gasteiger partial charge in [-0.2, -0.15) is 0 Å². The van der Waals surface area contributed by atoms with Crippen LogP contribution in [0, 0.1) is 0 Å². The van der Waals surface area contributed by atoms with Crippen LogP contribution in [-0.2, 0) is 11.2 Å². The van der Waals surface area contributed by atoms with Crippen LogP contribution in [0.2, 0.25) is 0 Å². The van der Waals surface area contributed by atoms with E-state index in [-0.39, 0.29) is 11.8 Å². The van der Waals surface area contributed by atoms with Gasteiger partial charge in [0.25, 0.3) is 5.91 Å². The topological polar surface area (TPSA) is 84.2 Å². The molecule has 2 aromatic carbocycles. The summed E-state index contributed by atoms with van der Waals surface area (Å²) in [6, 6.07) is 14.0. The van der Waals surface area contributed by atoms with Crippen molar-refractivity contribution in [2.45, 2.75) is 12.5 Å². The molecule has 3 rings (SSSR count). The summed E-state index contributed by atoms with van der Waals surface area (Å²) in [5.41, 5.74) is 7.94. The van der Waals surface area contributed by atoms with Gasteiger partial charge in [0.1, 0.15) is 6.04 Å². The van der Waals surface area contributed by atoms with E-state index in [1.165, 1.54) is 0 Å². The molecular weight excluding hydrogens is 266 g/mol. The van der Waals surface area contributed by atoms with Crippen LogP contribution in [0.3, 0.4) is 0 Å². The Balaban J connectivity index is 1.90. The molecule has 1 aliphatic rings. The van der Waals surface area contributed by atoms with Crippen LogP contribution in [0.1, 0.15) is 15.9 Å². The van der Waals surface area contributed by atoms with E-state index >= 15 is 0 Å². The standard InChI is InChI=1S/C16H15N3O2/c17-11-7-4-8-12-14(11)16(21)19-13(15(20)18-12)9-10-5-2-1-3-6-10/h1-8,13H,9,17H2,(H,18,20)(H,19,21)/t13-/m0/s1. The molecule has 0 aromatic heterocycles. The largest absolute Gasteiger partial charge is 0.398 e. The van der Waals surface area contributed by atoms with E-state index in [0.29, 0.717) is 23.4 Å². The first kappa shape index (κ1) is 13.2. The molecule has 2 aromatic rings. The van der Waals surface area contributed by atoms with Crippen LogP contribution >= 0.6 is 0 Å². The summed E-state index contributed by atoms with van der Waals surface area (Å²) in [4.78, 5) is 24.6. The molecule has 1 aliphatic heterocycles. The summed E-state index contributed by atoms with van der Waals surface area (Å²) in [6.45, 7) is 0. The van der Waals surface area contributed by atoms with E-state index in [4.69, 9.17) is 5.73 Å². The molecule has 0 fully saturated rings. The molecule has 0 bridgehead atoms. The van der Waals surface area contributed by atoms with E-state index in [1.54, 1.807) is 18.2 Å². The van der Waals surface area contributed by atoms with Crippen LogP contribution < -0.4 is 16.4 Å². The van der Waals surface area contributed by atoms with Crippen LogP contribution in [0.5, 0.6) is 0 Å². The molecule has 0 spiro atoms. The highest BCUT2D eigenvalue weighted by atomic mass is 16.2. The number of carbonyl (C=O) groups is 2. The third-order valence-corrected chi connectivity index (χ3v) is 3.49. The molecule has 106 valence electrons. The summed E-state index contributed by atoms with van der Waals surface area (Å²) in [6.07, 6.45) is 0.437. The van der Waals surface area contributed by atoms with Gasteiger partial charge in [0.2, 0.25) is 5.91 Å². The van der Waals surface area contributed by atoms with E-state index in [2.05, 4.69) is 10.6 Å². The minimum Gasteiger partial charge on any atom is -0.398 e. The Morgan fingerprint density at radius 1 is 1.00 bits per heavy atom. The first-order chi connectivity index (χ1) is 10.1. The summed E-state index contributed by atoms with van der Waals surface area (Å²) in [5.74, 6) is -0.570. The Kier molecular flexibility index (Phi) is 3.31. The highest BCUT2D eigenvalue weighted by molar-refractivity contribution is 6.12. The SMILES string of the molecule is Nc1cccc2c1C(=O)N[C@@H](Cc1ccccc1)C(=O)N2. The van der Waals surface area contributed by atoms with Crippen molar-refractivity contribution in [1.82, 2.24) is 5.32 Å². The smallest absolute Gasteiger partial charge is 0.256 e.